The van der Waals surface area contributed by atoms with E-state index in [1.165, 1.54) is 11.4 Å². The summed E-state index contributed by atoms with van der Waals surface area (Å²) in [5.74, 6) is 0.504. The minimum atomic E-state index is 0.194. The molecule has 0 bridgehead atoms. The highest BCUT2D eigenvalue weighted by Gasteiger charge is 2.12. The fourth-order valence-electron chi connectivity index (χ4n) is 1.54. The van der Waals surface area contributed by atoms with E-state index in [0.717, 1.165) is 19.4 Å². The van der Waals surface area contributed by atoms with Gasteiger partial charge in [0, 0.05) is 11.7 Å². The van der Waals surface area contributed by atoms with E-state index in [2.05, 4.69) is 43.5 Å². The van der Waals surface area contributed by atoms with Crippen LogP contribution in [0.3, 0.4) is 0 Å². The summed E-state index contributed by atoms with van der Waals surface area (Å²) >= 11 is 0. The SMILES string of the molecule is CCc1cc(CC)n(CC(N)C(C)C)n1. The van der Waals surface area contributed by atoms with E-state index in [9.17, 15) is 0 Å². The van der Waals surface area contributed by atoms with Gasteiger partial charge in [0.2, 0.25) is 0 Å². The molecule has 0 amide bonds. The van der Waals surface area contributed by atoms with E-state index in [4.69, 9.17) is 5.73 Å². The monoisotopic (exact) mass is 209 g/mol. The summed E-state index contributed by atoms with van der Waals surface area (Å²) in [7, 11) is 0. The Bertz CT molecular complexity index is 302. The molecule has 0 spiro atoms. The molecular formula is C12H23N3. The number of rotatable bonds is 5. The Hall–Kier alpha value is -0.830. The maximum absolute atomic E-state index is 6.06. The number of nitrogens with zero attached hydrogens (tertiary/aromatic N) is 2. The molecule has 1 aromatic heterocycles. The molecule has 2 N–H and O–H groups in total. The molecule has 15 heavy (non-hydrogen) atoms. The first-order valence-electron chi connectivity index (χ1n) is 5.89. The van der Waals surface area contributed by atoms with Crippen molar-refractivity contribution in [2.75, 3.05) is 0 Å². The van der Waals surface area contributed by atoms with Crippen molar-refractivity contribution in [3.05, 3.63) is 17.5 Å². The first-order valence-corrected chi connectivity index (χ1v) is 5.89. The van der Waals surface area contributed by atoms with Gasteiger partial charge in [0.25, 0.3) is 0 Å². The molecule has 3 nitrogen and oxygen atoms in total. The molecule has 0 fully saturated rings. The second-order valence-electron chi connectivity index (χ2n) is 4.42. The van der Waals surface area contributed by atoms with Crippen LogP contribution in [0.5, 0.6) is 0 Å². The van der Waals surface area contributed by atoms with E-state index in [0.29, 0.717) is 5.92 Å². The van der Waals surface area contributed by atoms with E-state index in [1.807, 2.05) is 0 Å². The van der Waals surface area contributed by atoms with Crippen LogP contribution < -0.4 is 5.73 Å². The zero-order chi connectivity index (χ0) is 11.4. The highest BCUT2D eigenvalue weighted by atomic mass is 15.3. The Morgan fingerprint density at radius 2 is 2.00 bits per heavy atom. The van der Waals surface area contributed by atoms with Crippen molar-refractivity contribution in [3.8, 4) is 0 Å². The molecule has 1 atom stereocenters. The van der Waals surface area contributed by atoms with Crippen LogP contribution in [-0.4, -0.2) is 15.8 Å². The number of hydrogen-bond donors (Lipinski definition) is 1. The summed E-state index contributed by atoms with van der Waals surface area (Å²) in [6, 6.07) is 2.38. The van der Waals surface area contributed by atoms with Gasteiger partial charge in [-0.25, -0.2) is 0 Å². The fourth-order valence-corrected chi connectivity index (χ4v) is 1.54. The Kier molecular flexibility index (Phi) is 4.33. The average Bonchev–Trinajstić information content (AvgIpc) is 2.60. The Morgan fingerprint density at radius 1 is 1.33 bits per heavy atom. The number of aryl methyl sites for hydroxylation is 2. The smallest absolute Gasteiger partial charge is 0.0624 e. The summed E-state index contributed by atoms with van der Waals surface area (Å²) < 4.78 is 2.07. The maximum Gasteiger partial charge on any atom is 0.0624 e. The first-order chi connectivity index (χ1) is 7.08. The van der Waals surface area contributed by atoms with Crippen molar-refractivity contribution in [1.29, 1.82) is 0 Å². The highest BCUT2D eigenvalue weighted by molar-refractivity contribution is 5.10. The molecule has 0 aliphatic rings. The van der Waals surface area contributed by atoms with Crippen LogP contribution in [0.2, 0.25) is 0 Å². The fraction of sp³-hybridized carbons (Fsp3) is 0.750. The van der Waals surface area contributed by atoms with Gasteiger partial charge in [-0.3, -0.25) is 4.68 Å². The van der Waals surface area contributed by atoms with Crippen molar-refractivity contribution in [2.45, 2.75) is 53.1 Å². The zero-order valence-electron chi connectivity index (χ0n) is 10.3. The lowest BCUT2D eigenvalue weighted by Crippen LogP contribution is -2.32. The van der Waals surface area contributed by atoms with Gasteiger partial charge in [0.1, 0.15) is 0 Å². The number of hydrogen-bond acceptors (Lipinski definition) is 2. The topological polar surface area (TPSA) is 43.8 Å². The van der Waals surface area contributed by atoms with Crippen LogP contribution in [0.15, 0.2) is 6.07 Å². The van der Waals surface area contributed by atoms with Gasteiger partial charge in [-0.15, -0.1) is 0 Å². The van der Waals surface area contributed by atoms with Crippen molar-refractivity contribution in [1.82, 2.24) is 9.78 Å². The minimum Gasteiger partial charge on any atom is -0.326 e. The Labute approximate surface area is 92.7 Å². The van der Waals surface area contributed by atoms with Gasteiger partial charge < -0.3 is 5.73 Å². The van der Waals surface area contributed by atoms with Crippen LogP contribution in [0.1, 0.15) is 39.1 Å². The predicted octanol–water partition coefficient (Wildman–Crippen LogP) is 1.99. The molecule has 0 radical (unpaired) electrons. The van der Waals surface area contributed by atoms with Crippen molar-refractivity contribution < 1.29 is 0 Å². The van der Waals surface area contributed by atoms with Gasteiger partial charge in [0.05, 0.1) is 12.2 Å². The highest BCUT2D eigenvalue weighted by Crippen LogP contribution is 2.09. The summed E-state index contributed by atoms with van der Waals surface area (Å²) in [4.78, 5) is 0. The van der Waals surface area contributed by atoms with E-state index in [1.54, 1.807) is 0 Å². The molecular weight excluding hydrogens is 186 g/mol. The average molecular weight is 209 g/mol. The number of aromatic nitrogens is 2. The van der Waals surface area contributed by atoms with Crippen molar-refractivity contribution in [3.63, 3.8) is 0 Å². The standard InChI is InChI=1S/C12H23N3/c1-5-10-7-11(6-2)15(14-10)8-12(13)9(3)4/h7,9,12H,5-6,8,13H2,1-4H3. The molecule has 86 valence electrons. The normalized spacial score (nSPS) is 13.5. The van der Waals surface area contributed by atoms with Crippen LogP contribution in [0.25, 0.3) is 0 Å². The molecule has 0 aromatic carbocycles. The summed E-state index contributed by atoms with van der Waals surface area (Å²) in [6.07, 6.45) is 2.02. The third kappa shape index (κ3) is 3.06. The lowest BCUT2D eigenvalue weighted by molar-refractivity contribution is 0.405. The van der Waals surface area contributed by atoms with E-state index in [-0.39, 0.29) is 6.04 Å². The van der Waals surface area contributed by atoms with Gasteiger partial charge in [0.15, 0.2) is 0 Å². The molecule has 0 aliphatic carbocycles. The molecule has 1 unspecified atom stereocenters. The first kappa shape index (κ1) is 12.2. The van der Waals surface area contributed by atoms with Crippen LogP contribution in [0.4, 0.5) is 0 Å². The molecule has 3 heteroatoms. The lowest BCUT2D eigenvalue weighted by atomic mass is 10.1. The largest absolute Gasteiger partial charge is 0.326 e. The third-order valence-corrected chi connectivity index (χ3v) is 2.88. The van der Waals surface area contributed by atoms with Gasteiger partial charge in [-0.1, -0.05) is 27.7 Å². The summed E-state index contributed by atoms with van der Waals surface area (Å²) in [5.41, 5.74) is 8.53. The molecule has 0 aliphatic heterocycles. The second kappa shape index (κ2) is 5.31. The third-order valence-electron chi connectivity index (χ3n) is 2.88. The van der Waals surface area contributed by atoms with Gasteiger partial charge in [-0.2, -0.15) is 5.10 Å². The van der Waals surface area contributed by atoms with E-state index < -0.39 is 0 Å². The predicted molar refractivity (Wildman–Crippen MR) is 63.8 cm³/mol. The molecule has 1 aromatic rings. The quantitative estimate of drug-likeness (QED) is 0.806. The zero-order valence-corrected chi connectivity index (χ0v) is 10.3. The maximum atomic E-state index is 6.06. The second-order valence-corrected chi connectivity index (χ2v) is 4.42. The van der Waals surface area contributed by atoms with Crippen LogP contribution >= 0.6 is 0 Å². The van der Waals surface area contributed by atoms with E-state index >= 15 is 0 Å². The molecule has 1 rings (SSSR count). The minimum absolute atomic E-state index is 0.194. The van der Waals surface area contributed by atoms with Crippen LogP contribution in [0, 0.1) is 5.92 Å². The molecule has 0 saturated heterocycles. The van der Waals surface area contributed by atoms with Gasteiger partial charge in [-0.05, 0) is 24.8 Å². The Morgan fingerprint density at radius 3 is 2.47 bits per heavy atom. The molecule has 1 heterocycles. The summed E-state index contributed by atoms with van der Waals surface area (Å²) in [5, 5.41) is 4.56. The number of nitrogens with two attached hydrogens (primary N) is 1. The lowest BCUT2D eigenvalue weighted by Gasteiger charge is -2.16. The summed E-state index contributed by atoms with van der Waals surface area (Å²) in [6.45, 7) is 9.43. The van der Waals surface area contributed by atoms with Gasteiger partial charge >= 0.3 is 0 Å². The van der Waals surface area contributed by atoms with Crippen molar-refractivity contribution >= 4 is 0 Å². The van der Waals surface area contributed by atoms with Crippen molar-refractivity contribution in [2.24, 2.45) is 11.7 Å². The Balaban J connectivity index is 2.78. The van der Waals surface area contributed by atoms with Crippen LogP contribution in [-0.2, 0) is 19.4 Å². The molecule has 0 saturated carbocycles.